The van der Waals surface area contributed by atoms with Crippen molar-refractivity contribution in [3.05, 3.63) is 126 Å². The van der Waals surface area contributed by atoms with Crippen LogP contribution in [0.3, 0.4) is 0 Å². The maximum Gasteiger partial charge on any atom is 0.317 e. The first-order valence-corrected chi connectivity index (χ1v) is 50.3. The molecule has 3 aromatic carbocycles. The molecule has 3 fully saturated rings. The number of nitrogens with zero attached hydrogens (tertiary/aromatic N) is 6. The Bertz CT molecular complexity index is 5850. The van der Waals surface area contributed by atoms with Crippen molar-refractivity contribution in [2.45, 2.75) is 189 Å². The molecule has 16 amide bonds. The highest BCUT2D eigenvalue weighted by atomic mass is 33.1. The van der Waals surface area contributed by atoms with Gasteiger partial charge in [0.15, 0.2) is 0 Å². The minimum atomic E-state index is -2.15. The number of primary amides is 3. The molecule has 10 rings (SSSR count). The van der Waals surface area contributed by atoms with Gasteiger partial charge in [-0.1, -0.05) is 84.7 Å². The third-order valence-electron chi connectivity index (χ3n) is 25.3. The molecule has 3 saturated heterocycles. The van der Waals surface area contributed by atoms with Crippen LogP contribution in [-0.4, -0.2) is 375 Å². The summed E-state index contributed by atoms with van der Waals surface area (Å²) in [5.74, 6) is -25.8. The molecule has 7 aromatic rings. The summed E-state index contributed by atoms with van der Waals surface area (Å²) in [4.78, 5) is 305. The Balaban J connectivity index is 0.920. The zero-order valence-electron chi connectivity index (χ0n) is 81.0. The molecule has 147 heavy (non-hydrogen) atoms. The highest BCUT2D eigenvalue weighted by Crippen LogP contribution is 2.29. The van der Waals surface area contributed by atoms with Gasteiger partial charge in [0.05, 0.1) is 57.9 Å². The zero-order chi connectivity index (χ0) is 107. The van der Waals surface area contributed by atoms with Gasteiger partial charge in [-0.2, -0.15) is 0 Å². The smallest absolute Gasteiger partial charge is 0.317 e. The van der Waals surface area contributed by atoms with Crippen molar-refractivity contribution in [3.8, 4) is 0 Å². The topological polar surface area (TPSA) is 757 Å². The van der Waals surface area contributed by atoms with Crippen LogP contribution in [0.25, 0.3) is 32.7 Å². The number of carbonyl (C=O) groups excluding carboxylic acids is 16. The highest BCUT2D eigenvalue weighted by Gasteiger charge is 2.43. The Hall–Kier alpha value is -14.7. The SMILES string of the molecule is CC[C@H](C)[C@H](NC(=O)[C@@H](NC(=O)[C@H](Cc1c[nH]c2ccc(F)cc12)NC(=O)CCCCCNC(=O)CN1CCN(CC(=O)O)CCN(CC(=O)O)CCN(CC(=O)O)CC1)[C@@H](C)O)C(=O)N[C@H]1CSSC[C@@H](C(=O)N[C@@H](Cc2c[nH]c3ccccc23)C(=O)N2CCC[C@H]2C(N)=O)NC(=O)[C@H](CC(=O)O)NC(=O)[C@H](Cc2cnc[nH]2)NC(=O)[C@H](Cc2c[nH]c3ccccc23)NC(=O)[C@H](CC(N)=O)NC(=O)[C@H](CC(N)=O)NC1=O. The highest BCUT2D eigenvalue weighted by molar-refractivity contribution is 8.76. The summed E-state index contributed by atoms with van der Waals surface area (Å²) in [5.41, 5.74) is 20.2. The number of carbonyl (C=O) groups is 20. The van der Waals surface area contributed by atoms with Gasteiger partial charge in [0.2, 0.25) is 94.5 Å². The number of nitrogens with one attached hydrogen (secondary N) is 16. The summed E-state index contributed by atoms with van der Waals surface area (Å²) in [5, 5.41) is 82.7. The summed E-state index contributed by atoms with van der Waals surface area (Å²) in [6.45, 7) is 4.40. The van der Waals surface area contributed by atoms with Crippen LogP contribution in [0.1, 0.15) is 107 Å². The third-order valence-corrected chi connectivity index (χ3v) is 27.7. The molecule has 4 aromatic heterocycles. The molecule has 14 atom stereocenters. The van der Waals surface area contributed by atoms with Crippen molar-refractivity contribution >= 4 is 173 Å². The minimum Gasteiger partial charge on any atom is -0.481 e. The van der Waals surface area contributed by atoms with Crippen molar-refractivity contribution in [2.24, 2.45) is 23.1 Å². The van der Waals surface area contributed by atoms with Crippen LogP contribution in [0.15, 0.2) is 97.8 Å². The van der Waals surface area contributed by atoms with Gasteiger partial charge in [0.1, 0.15) is 78.3 Å². The van der Waals surface area contributed by atoms with E-state index in [1.54, 1.807) is 81.3 Å². The van der Waals surface area contributed by atoms with Gasteiger partial charge in [-0.3, -0.25) is 115 Å². The number of fused-ring (bicyclic) bond motifs is 3. The fourth-order valence-corrected chi connectivity index (χ4v) is 19.6. The van der Waals surface area contributed by atoms with Gasteiger partial charge in [0, 0.05) is 172 Å². The second-order valence-corrected chi connectivity index (χ2v) is 38.9. The first-order valence-electron chi connectivity index (χ1n) is 47.9. The van der Waals surface area contributed by atoms with E-state index in [9.17, 15) is 87.5 Å². The number of rotatable bonds is 42. The lowest BCUT2D eigenvalue weighted by molar-refractivity contribution is -0.142. The standard InChI is InChI=1S/C94H126FN25O25S2/c1-4-50(2)81(114-93(144)82(51(3)121)115-89(140)63(32-54-41-103-62-20-19-55(95)34-59(54)62)105-75(124)18-6-5-11-21-100-76(125)43-116-23-25-117(44-78(128)129)27-29-119(46-80(132)133)30-28-118(26-24-116)45-79(130)131)92(143)113-71-48-147-146-47-70(91(142)111-69(94(145)120-22-12-17-72(120)83(98)134)33-53-40-102-61-16-10-8-14-58(53)61)112-88(139)68(38-77(126)127)110-85(136)65(35-56-42-99-49-104-56)107-84(135)64(31-52-39-101-60-15-9-7-13-57(52)60)106-86(137)66(36-73(96)122)108-87(138)67(37-74(97)123)109-90(71)141/h7-10,13-16,19-20,34,39-42,49-51,63-72,81-82,101-103,121H,4-6,11-12,17-18,21-33,35-38,43-48H2,1-3H3,(H2,96,122)(H2,97,123)(H2,98,134)(H,99,104)(H,100,125)(H,105,124)(H,106,137)(H,107,135)(H,108,138)(H,109,141)(H,110,136)(H,111,142)(H,112,139)(H,113,143)(H,114,144)(H,115,140)(H,126,127)(H,128,129)(H,130,131)(H,132,133)/t50-,51+,63-,64-,65-,66-,67-,68-,69-,70-,71-,72-,81-,82-/m0/s1. The summed E-state index contributed by atoms with van der Waals surface area (Å²) in [6, 6.07) is -4.60. The Labute approximate surface area is 849 Å². The molecule has 0 radical (unpaired) electrons. The molecule has 3 aliphatic rings. The first kappa shape index (κ1) is 114. The quantitative estimate of drug-likeness (QED) is 0.0126. The number of nitrogens with two attached hydrogens (primary N) is 3. The number of para-hydroxylation sites is 2. The second-order valence-electron chi connectivity index (χ2n) is 36.4. The van der Waals surface area contributed by atoms with E-state index in [2.05, 4.69) is 88.7 Å². The fourth-order valence-electron chi connectivity index (χ4n) is 17.3. The number of aromatic nitrogens is 5. The lowest BCUT2D eigenvalue weighted by Crippen LogP contribution is -2.63. The molecule has 0 spiro atoms. The van der Waals surface area contributed by atoms with Gasteiger partial charge in [-0.15, -0.1) is 0 Å². The molecule has 0 unspecified atom stereocenters. The van der Waals surface area contributed by atoms with Crippen molar-refractivity contribution in [1.29, 1.82) is 0 Å². The van der Waals surface area contributed by atoms with Crippen LogP contribution in [0.4, 0.5) is 4.39 Å². The van der Waals surface area contributed by atoms with Crippen molar-refractivity contribution in [3.63, 3.8) is 0 Å². The van der Waals surface area contributed by atoms with E-state index in [1.165, 1.54) is 54.9 Å². The number of aromatic amines is 4. The number of amides is 16. The third kappa shape index (κ3) is 35.0. The zero-order valence-corrected chi connectivity index (χ0v) is 82.7. The van der Waals surface area contributed by atoms with E-state index < -0.39 is 252 Å². The van der Waals surface area contributed by atoms with E-state index in [0.717, 1.165) is 6.92 Å². The number of carboxylic acids is 4. The number of aliphatic hydroxyl groups is 1. The number of benzene rings is 3. The summed E-state index contributed by atoms with van der Waals surface area (Å²) < 4.78 is 15.0. The van der Waals surface area contributed by atoms with Crippen molar-refractivity contribution in [2.75, 3.05) is 103 Å². The number of halogens is 1. The Morgan fingerprint density at radius 1 is 0.497 bits per heavy atom. The van der Waals surface area contributed by atoms with Crippen LogP contribution < -0.4 is 81.0 Å². The van der Waals surface area contributed by atoms with E-state index in [4.69, 9.17) is 17.2 Å². The predicted octanol–water partition coefficient (Wildman–Crippen LogP) is -4.73. The number of imidazole rings is 1. The molecule has 0 aliphatic carbocycles. The molecule has 796 valence electrons. The van der Waals surface area contributed by atoms with E-state index >= 15 is 38.4 Å². The van der Waals surface area contributed by atoms with Crippen LogP contribution >= 0.6 is 21.6 Å². The number of carboxylic acid groups (broad SMARTS) is 4. The number of hydrogen-bond donors (Lipinski definition) is 24. The minimum absolute atomic E-state index is 0.0115. The monoisotopic (exact) mass is 2090 g/mol. The Morgan fingerprint density at radius 2 is 0.986 bits per heavy atom. The molecular weight excluding hydrogens is 1960 g/mol. The summed E-state index contributed by atoms with van der Waals surface area (Å²) in [6.07, 6.45) is 1.40. The largest absolute Gasteiger partial charge is 0.481 e. The van der Waals surface area contributed by atoms with Crippen molar-refractivity contribution < 1.29 is 126 Å². The van der Waals surface area contributed by atoms with Crippen LogP contribution in [0, 0.1) is 11.7 Å². The lowest BCUT2D eigenvalue weighted by atomic mass is 9.97. The van der Waals surface area contributed by atoms with Gasteiger partial charge in [-0.05, 0) is 85.5 Å². The number of likely N-dealkylation sites (tertiary alicyclic amines) is 1. The predicted molar refractivity (Wildman–Crippen MR) is 529 cm³/mol. The molecule has 50 nitrogen and oxygen atoms in total. The maximum atomic E-state index is 15.5. The normalized spacial score (nSPS) is 20.8. The van der Waals surface area contributed by atoms with E-state index in [-0.39, 0.29) is 136 Å². The average Bonchev–Trinajstić information content (AvgIpc) is 1.70. The number of H-pyrrole nitrogens is 4. The summed E-state index contributed by atoms with van der Waals surface area (Å²) in [7, 11) is 1.34. The fraction of sp³-hybridized carbons (Fsp3) is 0.500. The molecule has 53 heteroatoms. The Morgan fingerprint density at radius 3 is 1.52 bits per heavy atom. The molecule has 7 heterocycles. The number of unbranched alkanes of at least 4 members (excludes halogenated alkanes) is 2. The molecular formula is C94H126FN25O25S2. The van der Waals surface area contributed by atoms with Gasteiger partial charge < -0.3 is 131 Å². The van der Waals surface area contributed by atoms with E-state index in [1.807, 2.05) is 0 Å². The molecule has 0 bridgehead atoms. The van der Waals surface area contributed by atoms with Crippen LogP contribution in [0.5, 0.6) is 0 Å². The molecule has 27 N–H and O–H groups in total. The number of aliphatic hydroxyl groups excluding tert-OH is 1. The van der Waals surface area contributed by atoms with Gasteiger partial charge >= 0.3 is 23.9 Å². The number of hydrogen-bond acceptors (Lipinski definition) is 28. The van der Waals surface area contributed by atoms with Gasteiger partial charge in [-0.25, -0.2) is 9.37 Å². The maximum absolute atomic E-state index is 15.5. The second kappa shape index (κ2) is 55.6. The molecule has 0 saturated carbocycles. The van der Waals surface area contributed by atoms with Crippen LogP contribution in [0.2, 0.25) is 0 Å². The lowest BCUT2D eigenvalue weighted by Gasteiger charge is -2.32. The van der Waals surface area contributed by atoms with E-state index in [0.29, 0.717) is 90.2 Å². The summed E-state index contributed by atoms with van der Waals surface area (Å²) >= 11 is 0. The van der Waals surface area contributed by atoms with Gasteiger partial charge in [0.25, 0.3) is 0 Å². The number of aliphatic carboxylic acids is 4. The molecule has 3 aliphatic heterocycles. The first-order chi connectivity index (χ1) is 70.1. The Kier molecular flexibility index (Phi) is 43.2. The van der Waals surface area contributed by atoms with Crippen molar-refractivity contribution in [1.82, 2.24) is 113 Å². The van der Waals surface area contributed by atoms with Crippen LogP contribution in [-0.2, 0) is 122 Å². The average molecular weight is 2090 g/mol.